The molecule has 0 aliphatic carbocycles. The fourth-order valence-corrected chi connectivity index (χ4v) is 5.58. The van der Waals surface area contributed by atoms with Gasteiger partial charge < -0.3 is 4.90 Å². The molecule has 0 bridgehead atoms. The van der Waals surface area contributed by atoms with Gasteiger partial charge >= 0.3 is 0 Å². The van der Waals surface area contributed by atoms with Gasteiger partial charge in [-0.05, 0) is 42.1 Å². The van der Waals surface area contributed by atoms with Crippen molar-refractivity contribution >= 4 is 29.7 Å². The molecule has 2 fully saturated rings. The van der Waals surface area contributed by atoms with E-state index < -0.39 is 0 Å². The van der Waals surface area contributed by atoms with Crippen LogP contribution in [0.3, 0.4) is 0 Å². The number of fused-ring (bicyclic) bond motifs is 1. The van der Waals surface area contributed by atoms with Gasteiger partial charge in [-0.2, -0.15) is 5.10 Å². The smallest absolute Gasteiger partial charge is 0.257 e. The number of aromatic nitrogens is 2. The summed E-state index contributed by atoms with van der Waals surface area (Å²) in [6, 6.07) is 11.0. The second-order valence-electron chi connectivity index (χ2n) is 7.71. The summed E-state index contributed by atoms with van der Waals surface area (Å²) in [5.74, 6) is 0.526. The molecule has 0 radical (unpaired) electrons. The lowest BCUT2D eigenvalue weighted by atomic mass is 9.89. The van der Waals surface area contributed by atoms with E-state index in [1.165, 1.54) is 6.07 Å². The van der Waals surface area contributed by atoms with Crippen molar-refractivity contribution in [2.24, 2.45) is 11.8 Å². The summed E-state index contributed by atoms with van der Waals surface area (Å²) >= 11 is 1.59. The van der Waals surface area contributed by atoms with Crippen LogP contribution in [0, 0.1) is 17.7 Å². The molecule has 0 saturated carbocycles. The van der Waals surface area contributed by atoms with Gasteiger partial charge in [0, 0.05) is 31.6 Å². The normalized spacial score (nSPS) is 23.8. The Morgan fingerprint density at radius 3 is 2.86 bits per heavy atom. The van der Waals surface area contributed by atoms with Crippen molar-refractivity contribution in [1.29, 1.82) is 0 Å². The third-order valence-corrected chi connectivity index (χ3v) is 6.90. The maximum Gasteiger partial charge on any atom is 0.257 e. The Labute approximate surface area is 178 Å². The number of benzene rings is 1. The van der Waals surface area contributed by atoms with E-state index in [0.717, 1.165) is 29.2 Å². The molecule has 1 aromatic carbocycles. The second-order valence-corrected chi connectivity index (χ2v) is 8.66. The van der Waals surface area contributed by atoms with E-state index in [2.05, 4.69) is 22.1 Å². The number of carbonyl (C=O) groups excluding carboxylic acids is 1. The molecule has 8 heteroatoms. The standard InChI is InChI=1S/C21H21FN4OS.ClH/c1-25-10-14-11-26(12-17(14)20(25)13-4-2-5-15(22)8-13)21(27)16-9-23-24-19(16)18-6-3-7-28-18;/h2-9,14,17,20H,10-12H2,1H3,(H,23,24);1H/t14-,17+,20-;/m0./s1. The van der Waals surface area contributed by atoms with Gasteiger partial charge in [0.15, 0.2) is 0 Å². The van der Waals surface area contributed by atoms with Crippen LogP contribution in [-0.2, 0) is 0 Å². The molecular weight excluding hydrogens is 411 g/mol. The zero-order valence-corrected chi connectivity index (χ0v) is 17.5. The van der Waals surface area contributed by atoms with Crippen molar-refractivity contribution in [3.05, 3.63) is 64.9 Å². The van der Waals surface area contributed by atoms with E-state index in [1.54, 1.807) is 29.7 Å². The molecule has 2 saturated heterocycles. The lowest BCUT2D eigenvalue weighted by Gasteiger charge is -2.27. The van der Waals surface area contributed by atoms with E-state index in [-0.39, 0.29) is 30.2 Å². The number of hydrogen-bond acceptors (Lipinski definition) is 4. The van der Waals surface area contributed by atoms with Gasteiger partial charge in [-0.15, -0.1) is 23.7 Å². The van der Waals surface area contributed by atoms with Crippen LogP contribution in [0.15, 0.2) is 48.0 Å². The van der Waals surface area contributed by atoms with Crippen molar-refractivity contribution in [2.75, 3.05) is 26.7 Å². The Kier molecular flexibility index (Phi) is 5.46. The molecular formula is C21H22ClFN4OS. The van der Waals surface area contributed by atoms with Gasteiger partial charge in [0.1, 0.15) is 5.82 Å². The number of aromatic amines is 1. The number of carbonyl (C=O) groups is 1. The highest BCUT2D eigenvalue weighted by Crippen LogP contribution is 2.44. The third-order valence-electron chi connectivity index (χ3n) is 6.01. The molecule has 3 aromatic rings. The summed E-state index contributed by atoms with van der Waals surface area (Å²) < 4.78 is 13.8. The monoisotopic (exact) mass is 432 g/mol. The minimum absolute atomic E-state index is 0. The zero-order valence-electron chi connectivity index (χ0n) is 15.9. The highest BCUT2D eigenvalue weighted by molar-refractivity contribution is 7.13. The fraction of sp³-hybridized carbons (Fsp3) is 0.333. The van der Waals surface area contributed by atoms with Crippen LogP contribution < -0.4 is 0 Å². The van der Waals surface area contributed by atoms with Crippen molar-refractivity contribution in [3.63, 3.8) is 0 Å². The van der Waals surface area contributed by atoms with Gasteiger partial charge in [-0.3, -0.25) is 14.8 Å². The van der Waals surface area contributed by atoms with Gasteiger partial charge in [0.25, 0.3) is 5.91 Å². The average Bonchev–Trinajstić information content (AvgIpc) is 3.44. The molecule has 0 spiro atoms. The number of likely N-dealkylation sites (tertiary alicyclic amines) is 2. The first-order chi connectivity index (χ1) is 13.6. The predicted octanol–water partition coefficient (Wildman–Crippen LogP) is 4.07. The van der Waals surface area contributed by atoms with Crippen molar-refractivity contribution < 1.29 is 9.18 Å². The average molecular weight is 433 g/mol. The van der Waals surface area contributed by atoms with Crippen LogP contribution in [0.25, 0.3) is 10.6 Å². The number of hydrogen-bond donors (Lipinski definition) is 1. The first kappa shape index (κ1) is 20.1. The highest BCUT2D eigenvalue weighted by atomic mass is 35.5. The molecule has 3 atom stereocenters. The van der Waals surface area contributed by atoms with Crippen LogP contribution in [0.5, 0.6) is 0 Å². The molecule has 4 heterocycles. The van der Waals surface area contributed by atoms with E-state index in [0.29, 0.717) is 23.9 Å². The maximum absolute atomic E-state index is 13.8. The van der Waals surface area contributed by atoms with Crippen LogP contribution in [0.4, 0.5) is 4.39 Å². The summed E-state index contributed by atoms with van der Waals surface area (Å²) in [6.07, 6.45) is 1.63. The number of nitrogens with zero attached hydrogens (tertiary/aromatic N) is 3. The summed E-state index contributed by atoms with van der Waals surface area (Å²) in [7, 11) is 2.09. The number of thiophene rings is 1. The molecule has 0 unspecified atom stereocenters. The molecule has 29 heavy (non-hydrogen) atoms. The first-order valence-corrected chi connectivity index (χ1v) is 10.3. The summed E-state index contributed by atoms with van der Waals surface area (Å²) in [6.45, 7) is 2.33. The molecule has 1 amide bonds. The maximum atomic E-state index is 13.8. The van der Waals surface area contributed by atoms with Crippen LogP contribution in [0.1, 0.15) is 22.0 Å². The van der Waals surface area contributed by atoms with Gasteiger partial charge in [-0.1, -0.05) is 18.2 Å². The molecule has 2 aliphatic heterocycles. The molecule has 152 valence electrons. The number of rotatable bonds is 3. The minimum Gasteiger partial charge on any atom is -0.338 e. The fourth-order valence-electron chi connectivity index (χ4n) is 4.84. The third kappa shape index (κ3) is 3.47. The Morgan fingerprint density at radius 2 is 2.10 bits per heavy atom. The SMILES string of the molecule is CN1C[C@H]2CN(C(=O)c3cn[nH]c3-c3cccs3)C[C@H]2[C@@H]1c1cccc(F)c1.Cl. The number of nitrogens with one attached hydrogen (secondary N) is 1. The molecule has 2 aromatic heterocycles. The first-order valence-electron chi connectivity index (χ1n) is 9.44. The molecule has 5 nitrogen and oxygen atoms in total. The van der Waals surface area contributed by atoms with Crippen LogP contribution >= 0.6 is 23.7 Å². The molecule has 5 rings (SSSR count). The minimum atomic E-state index is -0.209. The Hall–Kier alpha value is -2.22. The van der Waals surface area contributed by atoms with Crippen LogP contribution in [0.2, 0.25) is 0 Å². The number of halogens is 2. The quantitative estimate of drug-likeness (QED) is 0.678. The lowest BCUT2D eigenvalue weighted by Crippen LogP contribution is -2.33. The number of H-pyrrole nitrogens is 1. The summed E-state index contributed by atoms with van der Waals surface area (Å²) in [5.41, 5.74) is 2.40. The van der Waals surface area contributed by atoms with E-state index >= 15 is 0 Å². The second kappa shape index (κ2) is 7.89. The lowest BCUT2D eigenvalue weighted by molar-refractivity contribution is 0.0768. The van der Waals surface area contributed by atoms with Crippen molar-refractivity contribution in [3.8, 4) is 10.6 Å². The van der Waals surface area contributed by atoms with Crippen LogP contribution in [-0.4, -0.2) is 52.6 Å². The Morgan fingerprint density at radius 1 is 1.24 bits per heavy atom. The van der Waals surface area contributed by atoms with Crippen molar-refractivity contribution in [1.82, 2.24) is 20.0 Å². The topological polar surface area (TPSA) is 52.2 Å². The Balaban J connectivity index is 0.00000205. The molecule has 1 N–H and O–H groups in total. The van der Waals surface area contributed by atoms with Gasteiger partial charge in [0.2, 0.25) is 0 Å². The summed E-state index contributed by atoms with van der Waals surface area (Å²) in [5, 5.41) is 9.08. The largest absolute Gasteiger partial charge is 0.338 e. The predicted molar refractivity (Wildman–Crippen MR) is 114 cm³/mol. The van der Waals surface area contributed by atoms with E-state index in [9.17, 15) is 9.18 Å². The van der Waals surface area contributed by atoms with Gasteiger partial charge in [-0.25, -0.2) is 4.39 Å². The Bertz CT molecular complexity index is 1010. The molecule has 2 aliphatic rings. The van der Waals surface area contributed by atoms with E-state index in [1.807, 2.05) is 28.5 Å². The van der Waals surface area contributed by atoms with Gasteiger partial charge in [0.05, 0.1) is 22.3 Å². The summed E-state index contributed by atoms with van der Waals surface area (Å²) in [4.78, 5) is 18.5. The number of amides is 1. The van der Waals surface area contributed by atoms with E-state index in [4.69, 9.17) is 0 Å². The zero-order chi connectivity index (χ0) is 19.3. The van der Waals surface area contributed by atoms with Crippen molar-refractivity contribution in [2.45, 2.75) is 6.04 Å². The highest BCUT2D eigenvalue weighted by Gasteiger charge is 2.47.